The fourth-order valence-electron chi connectivity index (χ4n) is 5.63. The Balaban J connectivity index is 1.21. The van der Waals surface area contributed by atoms with Crippen LogP contribution in [0.2, 0.25) is 0 Å². The number of nitrogen functional groups attached to an aromatic ring is 1. The number of ether oxygens (including phenoxy) is 2. The van der Waals surface area contributed by atoms with Crippen LogP contribution in [0.1, 0.15) is 40.9 Å². The number of aromatic nitrogens is 1. The summed E-state index contributed by atoms with van der Waals surface area (Å²) in [6.45, 7) is -0.760. The Morgan fingerprint density at radius 3 is 2.46 bits per heavy atom. The molecule has 20 nitrogen and oxygen atoms in total. The molecule has 3 amide bonds. The lowest BCUT2D eigenvalue weighted by Crippen LogP contribution is -2.57. The van der Waals surface area contributed by atoms with E-state index in [1.165, 1.54) is 5.38 Å². The van der Waals surface area contributed by atoms with Crippen LogP contribution in [-0.2, 0) is 49.7 Å². The number of nitrogens with zero attached hydrogens (tertiary/aromatic N) is 4. The van der Waals surface area contributed by atoms with E-state index in [9.17, 15) is 49.2 Å². The van der Waals surface area contributed by atoms with Gasteiger partial charge in [0.2, 0.25) is 5.60 Å². The van der Waals surface area contributed by atoms with Crippen LogP contribution < -0.4 is 11.1 Å². The number of aromatic hydroxyl groups is 2. The zero-order valence-electron chi connectivity index (χ0n) is 24.5. The van der Waals surface area contributed by atoms with Crippen LogP contribution in [0.3, 0.4) is 0 Å². The number of hydroxylamine groups is 2. The molecule has 0 spiro atoms. The van der Waals surface area contributed by atoms with Crippen molar-refractivity contribution in [3.05, 3.63) is 34.3 Å². The van der Waals surface area contributed by atoms with Gasteiger partial charge in [0.05, 0.1) is 19.6 Å². The number of nitrogens with one attached hydrogen (secondary N) is 1. The topological polar surface area (TPSA) is 290 Å². The standard InChI is InChI=1S/C27H26N6O14S/c28-25-30-14(10-48-25)18(31-47-26(23(40)41)1-3-44-4-2-26)19(36)29-13-9-45-33(21(13)38)27(24(42)43)7-15(22(39)46-27)32-8-11-5-16(34)17(35)6-12(11)20(32)37/h5-6,10,13,15,34-35H,1-4,7-9H2,(H2,28,30)(H,29,36)(H,40,41)(H,42,43)/b31-18-/t13-,15-,27?/m0/s1. The third-order valence-electron chi connectivity index (χ3n) is 8.24. The van der Waals surface area contributed by atoms with Gasteiger partial charge < -0.3 is 50.7 Å². The number of oxime groups is 1. The van der Waals surface area contributed by atoms with E-state index in [0.717, 1.165) is 28.4 Å². The summed E-state index contributed by atoms with van der Waals surface area (Å²) >= 11 is 0.936. The van der Waals surface area contributed by atoms with E-state index in [1.807, 2.05) is 0 Å². The second kappa shape index (κ2) is 11.9. The molecule has 6 rings (SSSR count). The first-order valence-corrected chi connectivity index (χ1v) is 15.0. The first kappa shape index (κ1) is 32.4. The van der Waals surface area contributed by atoms with E-state index in [4.69, 9.17) is 24.9 Å². The van der Waals surface area contributed by atoms with Gasteiger partial charge in [-0.1, -0.05) is 5.16 Å². The second-order valence-electron chi connectivity index (χ2n) is 11.1. The van der Waals surface area contributed by atoms with E-state index in [-0.39, 0.29) is 54.6 Å². The van der Waals surface area contributed by atoms with E-state index in [2.05, 4.69) is 15.5 Å². The molecule has 3 saturated heterocycles. The van der Waals surface area contributed by atoms with Crippen LogP contribution in [-0.4, -0.2) is 120 Å². The third-order valence-corrected chi connectivity index (χ3v) is 8.91. The zero-order chi connectivity index (χ0) is 34.5. The molecule has 1 unspecified atom stereocenters. The molecular weight excluding hydrogens is 664 g/mol. The number of carboxylic acids is 2. The highest BCUT2D eigenvalue weighted by atomic mass is 32.1. The van der Waals surface area contributed by atoms with Gasteiger partial charge in [-0.3, -0.25) is 19.2 Å². The van der Waals surface area contributed by atoms with Crippen molar-refractivity contribution < 1.29 is 68.3 Å². The Kier molecular flexibility index (Phi) is 8.05. The van der Waals surface area contributed by atoms with Crippen LogP contribution in [0, 0.1) is 0 Å². The number of esters is 1. The molecule has 2 aromatic rings. The number of thiazole rings is 1. The summed E-state index contributed by atoms with van der Waals surface area (Å²) < 4.78 is 10.4. The lowest BCUT2D eigenvalue weighted by molar-refractivity contribution is -0.256. The minimum Gasteiger partial charge on any atom is -0.504 e. The lowest BCUT2D eigenvalue weighted by atomic mass is 9.95. The highest BCUT2D eigenvalue weighted by molar-refractivity contribution is 7.13. The molecule has 21 heteroatoms. The molecule has 0 saturated carbocycles. The quantitative estimate of drug-likeness (QED) is 0.0755. The molecule has 0 radical (unpaired) electrons. The first-order valence-electron chi connectivity index (χ1n) is 14.1. The van der Waals surface area contributed by atoms with Crippen molar-refractivity contribution in [1.29, 1.82) is 0 Å². The Hall–Kier alpha value is -5.54. The fraction of sp³-hybridized carbons (Fsp3) is 0.407. The number of nitrogens with two attached hydrogens (primary N) is 1. The highest BCUT2D eigenvalue weighted by Gasteiger charge is 2.64. The largest absolute Gasteiger partial charge is 0.504 e. The average molecular weight is 691 g/mol. The number of hydrogen-bond acceptors (Lipinski definition) is 16. The number of carbonyl (C=O) groups excluding carboxylic acids is 4. The van der Waals surface area contributed by atoms with Crippen LogP contribution in [0.5, 0.6) is 11.5 Å². The number of hydrogen-bond donors (Lipinski definition) is 6. The summed E-state index contributed by atoms with van der Waals surface area (Å²) in [4.78, 5) is 93.3. The maximum atomic E-state index is 13.5. The number of aliphatic carboxylic acids is 2. The van der Waals surface area contributed by atoms with Gasteiger partial charge in [-0.05, 0) is 17.7 Å². The zero-order valence-corrected chi connectivity index (χ0v) is 25.3. The summed E-state index contributed by atoms with van der Waals surface area (Å²) in [5.41, 5.74) is 0.696. The van der Waals surface area contributed by atoms with Crippen molar-refractivity contribution in [1.82, 2.24) is 20.3 Å². The van der Waals surface area contributed by atoms with E-state index in [0.29, 0.717) is 5.06 Å². The molecule has 3 atom stereocenters. The molecule has 1 aromatic heterocycles. The number of carboxylic acid groups (broad SMARTS) is 2. The van der Waals surface area contributed by atoms with Crippen LogP contribution in [0.25, 0.3) is 0 Å². The van der Waals surface area contributed by atoms with Crippen molar-refractivity contribution in [3.63, 3.8) is 0 Å². The number of anilines is 1. The van der Waals surface area contributed by atoms with Gasteiger partial charge in [-0.25, -0.2) is 19.4 Å². The molecular formula is C27H26N6O14S. The summed E-state index contributed by atoms with van der Waals surface area (Å²) in [5, 5.41) is 47.4. The molecule has 4 aliphatic rings. The van der Waals surface area contributed by atoms with Gasteiger partial charge in [0.25, 0.3) is 17.7 Å². The van der Waals surface area contributed by atoms with Gasteiger partial charge in [0.1, 0.15) is 24.4 Å². The smallest absolute Gasteiger partial charge is 0.372 e. The molecule has 3 fully saturated rings. The predicted molar refractivity (Wildman–Crippen MR) is 154 cm³/mol. The van der Waals surface area contributed by atoms with Crippen molar-refractivity contribution in [2.24, 2.45) is 5.16 Å². The van der Waals surface area contributed by atoms with Crippen LogP contribution in [0.4, 0.5) is 5.13 Å². The summed E-state index contributed by atoms with van der Waals surface area (Å²) in [7, 11) is 0. The van der Waals surface area contributed by atoms with E-state index in [1.54, 1.807) is 0 Å². The molecule has 5 heterocycles. The van der Waals surface area contributed by atoms with Crippen molar-refractivity contribution in [2.75, 3.05) is 25.6 Å². The molecule has 254 valence electrons. The summed E-state index contributed by atoms with van der Waals surface area (Å²) in [6.07, 6.45) is -0.938. The number of rotatable bonds is 9. The third kappa shape index (κ3) is 5.36. The molecule has 4 aliphatic heterocycles. The number of benzene rings is 1. The van der Waals surface area contributed by atoms with E-state index < -0.39 is 89.3 Å². The summed E-state index contributed by atoms with van der Waals surface area (Å²) in [6, 6.07) is -0.951. The molecule has 7 N–H and O–H groups in total. The van der Waals surface area contributed by atoms with Gasteiger partial charge in [0, 0.05) is 30.3 Å². The van der Waals surface area contributed by atoms with E-state index >= 15 is 0 Å². The van der Waals surface area contributed by atoms with Crippen molar-refractivity contribution in [2.45, 2.75) is 49.2 Å². The number of fused-ring (bicyclic) bond motifs is 1. The van der Waals surface area contributed by atoms with Crippen LogP contribution >= 0.6 is 11.3 Å². The number of cyclic esters (lactones) is 1. The molecule has 1 aromatic carbocycles. The van der Waals surface area contributed by atoms with Gasteiger partial charge in [-0.15, -0.1) is 11.3 Å². The average Bonchev–Trinajstić information content (AvgIpc) is 3.80. The maximum absolute atomic E-state index is 13.5. The molecule has 48 heavy (non-hydrogen) atoms. The monoisotopic (exact) mass is 690 g/mol. The van der Waals surface area contributed by atoms with Crippen molar-refractivity contribution >= 4 is 57.8 Å². The van der Waals surface area contributed by atoms with Gasteiger partial charge in [0.15, 0.2) is 22.3 Å². The van der Waals surface area contributed by atoms with Crippen molar-refractivity contribution in [3.8, 4) is 11.5 Å². The first-order chi connectivity index (χ1) is 22.8. The maximum Gasteiger partial charge on any atom is 0.372 e. The number of amides is 3. The Morgan fingerprint density at radius 2 is 1.81 bits per heavy atom. The Labute approximate surface area is 272 Å². The minimum atomic E-state index is -2.75. The van der Waals surface area contributed by atoms with Crippen LogP contribution in [0.15, 0.2) is 22.7 Å². The molecule has 0 aliphatic carbocycles. The number of carbonyl (C=O) groups is 6. The summed E-state index contributed by atoms with van der Waals surface area (Å²) in [5.74, 6) is -8.42. The number of phenolic OH excluding ortho intramolecular Hbond substituents is 2. The highest BCUT2D eigenvalue weighted by Crippen LogP contribution is 2.40. The predicted octanol–water partition coefficient (Wildman–Crippen LogP) is -1.50. The second-order valence-corrected chi connectivity index (χ2v) is 12.0. The normalized spacial score (nSPS) is 25.2. The minimum absolute atomic E-state index is 0.0309. The van der Waals surface area contributed by atoms with Gasteiger partial charge in [-0.2, -0.15) is 5.06 Å². The Morgan fingerprint density at radius 1 is 1.10 bits per heavy atom. The van der Waals surface area contributed by atoms with Gasteiger partial charge >= 0.3 is 23.6 Å². The number of phenols is 2. The SMILES string of the molecule is Nc1nc(/C(=N/OC2(C(=O)O)CCOCC2)C(=O)N[C@H]2CON(C3(C(=O)O)C[C@H](N4Cc5cc(O)c(O)cc5C4=O)C(=O)O3)C2=O)cs1. The lowest BCUT2D eigenvalue weighted by Gasteiger charge is -2.31. The fourth-order valence-corrected chi connectivity index (χ4v) is 6.18. The Bertz CT molecular complexity index is 1770. The molecule has 0 bridgehead atoms.